The van der Waals surface area contributed by atoms with E-state index in [1.807, 2.05) is 41.9 Å². The molecule has 3 aromatic rings. The van der Waals surface area contributed by atoms with Crippen molar-refractivity contribution in [2.75, 3.05) is 5.32 Å². The zero-order valence-corrected chi connectivity index (χ0v) is 10.9. The molecule has 100 valence electrons. The Morgan fingerprint density at radius 2 is 1.80 bits per heavy atom. The quantitative estimate of drug-likeness (QED) is 0.757. The Bertz CT molecular complexity index is 775. The van der Waals surface area contributed by atoms with E-state index < -0.39 is 0 Å². The summed E-state index contributed by atoms with van der Waals surface area (Å²) < 4.78 is 14.7. The number of benzene rings is 2. The van der Waals surface area contributed by atoms with Crippen LogP contribution in [0.2, 0.25) is 0 Å². The van der Waals surface area contributed by atoms with Gasteiger partial charge in [-0.25, -0.2) is 4.39 Å². The van der Waals surface area contributed by atoms with E-state index in [2.05, 4.69) is 5.32 Å². The fourth-order valence-electron chi connectivity index (χ4n) is 2.24. The molecule has 0 bridgehead atoms. The average Bonchev–Trinajstić information content (AvgIpc) is 2.79. The van der Waals surface area contributed by atoms with E-state index in [4.69, 9.17) is 0 Å². The number of carbonyl (C=O) groups is 1. The zero-order valence-electron chi connectivity index (χ0n) is 10.9. The Morgan fingerprint density at radius 3 is 2.50 bits per heavy atom. The normalized spacial score (nSPS) is 10.7. The molecule has 0 aliphatic rings. The number of hydrogen-bond donors (Lipinski definition) is 1. The van der Waals surface area contributed by atoms with Crippen LogP contribution in [0.1, 0.15) is 10.5 Å². The number of carbonyl (C=O) groups excluding carboxylic acids is 1. The highest BCUT2D eigenvalue weighted by Gasteiger charge is 2.13. The van der Waals surface area contributed by atoms with Gasteiger partial charge in [-0.15, -0.1) is 0 Å². The Balaban J connectivity index is 1.92. The number of hydrogen-bond acceptors (Lipinski definition) is 1. The van der Waals surface area contributed by atoms with E-state index in [1.54, 1.807) is 0 Å². The third-order valence-electron chi connectivity index (χ3n) is 3.29. The van der Waals surface area contributed by atoms with Crippen LogP contribution in [-0.2, 0) is 7.05 Å². The second kappa shape index (κ2) is 4.81. The van der Waals surface area contributed by atoms with Crippen LogP contribution >= 0.6 is 0 Å². The number of rotatable bonds is 2. The van der Waals surface area contributed by atoms with Gasteiger partial charge in [0.15, 0.2) is 0 Å². The third-order valence-corrected chi connectivity index (χ3v) is 3.29. The number of fused-ring (bicyclic) bond motifs is 1. The van der Waals surface area contributed by atoms with Gasteiger partial charge in [-0.3, -0.25) is 4.79 Å². The highest BCUT2D eigenvalue weighted by atomic mass is 19.1. The Morgan fingerprint density at radius 1 is 1.10 bits per heavy atom. The zero-order chi connectivity index (χ0) is 14.1. The molecule has 0 saturated heterocycles. The number of para-hydroxylation sites is 1. The maximum Gasteiger partial charge on any atom is 0.272 e. The van der Waals surface area contributed by atoms with Gasteiger partial charge in [0, 0.05) is 23.6 Å². The van der Waals surface area contributed by atoms with Crippen molar-refractivity contribution in [2.45, 2.75) is 0 Å². The van der Waals surface area contributed by atoms with Gasteiger partial charge in [0.05, 0.1) is 0 Å². The van der Waals surface area contributed by atoms with Crippen molar-refractivity contribution in [2.24, 2.45) is 7.05 Å². The lowest BCUT2D eigenvalue weighted by Crippen LogP contribution is -2.15. The molecule has 0 radical (unpaired) electrons. The van der Waals surface area contributed by atoms with E-state index in [-0.39, 0.29) is 11.7 Å². The molecule has 0 atom stereocenters. The molecule has 20 heavy (non-hydrogen) atoms. The highest BCUT2D eigenvalue weighted by molar-refractivity contribution is 6.06. The summed E-state index contributed by atoms with van der Waals surface area (Å²) in [5.41, 5.74) is 2.13. The Hall–Kier alpha value is -2.62. The van der Waals surface area contributed by atoms with Crippen molar-refractivity contribution < 1.29 is 9.18 Å². The molecule has 2 aromatic carbocycles. The highest BCUT2D eigenvalue weighted by Crippen LogP contribution is 2.19. The summed E-state index contributed by atoms with van der Waals surface area (Å²) in [5.74, 6) is -0.539. The topological polar surface area (TPSA) is 34.0 Å². The molecule has 0 aliphatic heterocycles. The van der Waals surface area contributed by atoms with Crippen molar-refractivity contribution in [3.05, 3.63) is 66.1 Å². The smallest absolute Gasteiger partial charge is 0.272 e. The van der Waals surface area contributed by atoms with E-state index in [1.165, 1.54) is 24.3 Å². The number of nitrogens with one attached hydrogen (secondary N) is 1. The first-order chi connectivity index (χ1) is 9.65. The van der Waals surface area contributed by atoms with Crippen molar-refractivity contribution in [3.63, 3.8) is 0 Å². The molecule has 4 heteroatoms. The van der Waals surface area contributed by atoms with Gasteiger partial charge in [-0.1, -0.05) is 18.2 Å². The first kappa shape index (κ1) is 12.4. The largest absolute Gasteiger partial charge is 0.340 e. The van der Waals surface area contributed by atoms with Crippen LogP contribution in [0.5, 0.6) is 0 Å². The summed E-state index contributed by atoms with van der Waals surface area (Å²) in [5, 5.41) is 3.77. The van der Waals surface area contributed by atoms with Gasteiger partial charge in [0.2, 0.25) is 0 Å². The number of amides is 1. The number of anilines is 1. The Kier molecular flexibility index (Phi) is 2.99. The van der Waals surface area contributed by atoms with Crippen LogP contribution in [0, 0.1) is 5.82 Å². The molecule has 0 unspecified atom stereocenters. The fraction of sp³-hybridized carbons (Fsp3) is 0.0625. The van der Waals surface area contributed by atoms with Crippen LogP contribution in [0.25, 0.3) is 10.9 Å². The molecule has 1 N–H and O–H groups in total. The number of nitrogens with zero attached hydrogens (tertiary/aromatic N) is 1. The van der Waals surface area contributed by atoms with Crippen molar-refractivity contribution in [3.8, 4) is 0 Å². The lowest BCUT2D eigenvalue weighted by atomic mass is 10.2. The van der Waals surface area contributed by atoms with Gasteiger partial charge in [0.1, 0.15) is 11.5 Å². The van der Waals surface area contributed by atoms with Crippen LogP contribution in [0.4, 0.5) is 10.1 Å². The van der Waals surface area contributed by atoms with Gasteiger partial charge in [-0.05, 0) is 36.4 Å². The van der Waals surface area contributed by atoms with Gasteiger partial charge >= 0.3 is 0 Å². The van der Waals surface area contributed by atoms with Crippen LogP contribution < -0.4 is 5.32 Å². The molecule has 1 aromatic heterocycles. The molecule has 0 spiro atoms. The van der Waals surface area contributed by atoms with Crippen LogP contribution in [-0.4, -0.2) is 10.5 Å². The van der Waals surface area contributed by atoms with Gasteiger partial charge in [-0.2, -0.15) is 0 Å². The minimum atomic E-state index is -0.326. The average molecular weight is 268 g/mol. The second-order valence-electron chi connectivity index (χ2n) is 4.61. The van der Waals surface area contributed by atoms with E-state index in [0.29, 0.717) is 11.4 Å². The monoisotopic (exact) mass is 268 g/mol. The minimum Gasteiger partial charge on any atom is -0.340 e. The lowest BCUT2D eigenvalue weighted by molar-refractivity contribution is 0.101. The summed E-state index contributed by atoms with van der Waals surface area (Å²) in [6, 6.07) is 15.3. The summed E-state index contributed by atoms with van der Waals surface area (Å²) in [7, 11) is 1.85. The van der Waals surface area contributed by atoms with Crippen molar-refractivity contribution in [1.29, 1.82) is 0 Å². The Labute approximate surface area is 115 Å². The van der Waals surface area contributed by atoms with Gasteiger partial charge in [0.25, 0.3) is 5.91 Å². The lowest BCUT2D eigenvalue weighted by Gasteiger charge is -2.06. The molecule has 3 rings (SSSR count). The standard InChI is InChI=1S/C16H13FN2O/c1-19-14-5-3-2-4-11(14)10-15(19)16(20)18-13-8-6-12(17)7-9-13/h2-10H,1H3,(H,18,20). The molecular formula is C16H13FN2O. The van der Waals surface area contributed by atoms with Crippen LogP contribution in [0.3, 0.4) is 0 Å². The predicted molar refractivity (Wildman–Crippen MR) is 77.3 cm³/mol. The molecule has 0 saturated carbocycles. The molecule has 1 heterocycles. The number of aromatic nitrogens is 1. The van der Waals surface area contributed by atoms with E-state index in [9.17, 15) is 9.18 Å². The maximum absolute atomic E-state index is 12.8. The molecule has 3 nitrogen and oxygen atoms in total. The second-order valence-corrected chi connectivity index (χ2v) is 4.61. The van der Waals surface area contributed by atoms with E-state index >= 15 is 0 Å². The van der Waals surface area contributed by atoms with Crippen molar-refractivity contribution in [1.82, 2.24) is 4.57 Å². The van der Waals surface area contributed by atoms with Crippen molar-refractivity contribution >= 4 is 22.5 Å². The summed E-state index contributed by atoms with van der Waals surface area (Å²) in [6.45, 7) is 0. The third kappa shape index (κ3) is 2.16. The summed E-state index contributed by atoms with van der Waals surface area (Å²) >= 11 is 0. The van der Waals surface area contributed by atoms with Crippen LogP contribution in [0.15, 0.2) is 54.6 Å². The maximum atomic E-state index is 12.8. The number of halogens is 1. The molecule has 0 fully saturated rings. The van der Waals surface area contributed by atoms with Gasteiger partial charge < -0.3 is 9.88 Å². The summed E-state index contributed by atoms with van der Waals surface area (Å²) in [6.07, 6.45) is 0. The van der Waals surface area contributed by atoms with E-state index in [0.717, 1.165) is 10.9 Å². The SMILES string of the molecule is Cn1c(C(=O)Nc2ccc(F)cc2)cc2ccccc21. The number of aryl methyl sites for hydroxylation is 1. The first-order valence-corrected chi connectivity index (χ1v) is 6.26. The molecule has 0 aliphatic carbocycles. The predicted octanol–water partition coefficient (Wildman–Crippen LogP) is 3.57. The fourth-order valence-corrected chi connectivity index (χ4v) is 2.24. The minimum absolute atomic E-state index is 0.213. The molecule has 1 amide bonds. The summed E-state index contributed by atoms with van der Waals surface area (Å²) in [4.78, 5) is 12.3. The first-order valence-electron chi connectivity index (χ1n) is 6.26. The molecular weight excluding hydrogens is 255 g/mol.